The molecule has 18 heavy (non-hydrogen) atoms. The fraction of sp³-hybridized carbons (Fsp3) is 0.0769. The summed E-state index contributed by atoms with van der Waals surface area (Å²) in [6, 6.07) is 6.48. The van der Waals surface area contributed by atoms with E-state index in [1.165, 1.54) is 12.3 Å². The number of nitrogens with one attached hydrogen (secondary N) is 1. The number of rotatable bonds is 3. The number of nitrogens with zero attached hydrogens (tertiary/aromatic N) is 1. The average molecular weight is 248 g/mol. The fourth-order valence-electron chi connectivity index (χ4n) is 1.48. The van der Waals surface area contributed by atoms with Gasteiger partial charge in [-0.2, -0.15) is 0 Å². The minimum Gasteiger partial charge on any atom is -0.324 e. The maximum absolute atomic E-state index is 13.3. The van der Waals surface area contributed by atoms with Gasteiger partial charge in [0.05, 0.1) is 18.3 Å². The number of anilines is 1. The van der Waals surface area contributed by atoms with Gasteiger partial charge in [0.1, 0.15) is 11.6 Å². The summed E-state index contributed by atoms with van der Waals surface area (Å²) in [6.45, 7) is 0. The standard InChI is InChI=1S/C13H10F2N2O/c14-10-4-3-9(12(15)7-10)6-13(18)17-11-2-1-5-16-8-11/h1-5,7-8H,6H2,(H,17,18). The molecular weight excluding hydrogens is 238 g/mol. The first-order valence-corrected chi connectivity index (χ1v) is 5.29. The number of benzene rings is 1. The molecule has 1 aromatic carbocycles. The van der Waals surface area contributed by atoms with E-state index >= 15 is 0 Å². The minimum atomic E-state index is -0.726. The zero-order valence-electron chi connectivity index (χ0n) is 9.36. The molecule has 1 aromatic heterocycles. The molecule has 0 aliphatic heterocycles. The summed E-state index contributed by atoms with van der Waals surface area (Å²) < 4.78 is 26.0. The molecule has 0 bridgehead atoms. The number of hydrogen-bond acceptors (Lipinski definition) is 2. The molecular formula is C13H10F2N2O. The third-order valence-electron chi connectivity index (χ3n) is 2.31. The number of hydrogen-bond donors (Lipinski definition) is 1. The monoisotopic (exact) mass is 248 g/mol. The van der Waals surface area contributed by atoms with E-state index in [1.807, 2.05) is 0 Å². The van der Waals surface area contributed by atoms with E-state index in [1.54, 1.807) is 18.3 Å². The molecule has 2 rings (SSSR count). The van der Waals surface area contributed by atoms with Crippen LogP contribution in [0.4, 0.5) is 14.5 Å². The number of halogens is 2. The van der Waals surface area contributed by atoms with Crippen molar-refractivity contribution in [3.8, 4) is 0 Å². The molecule has 0 fully saturated rings. The highest BCUT2D eigenvalue weighted by atomic mass is 19.1. The zero-order chi connectivity index (χ0) is 13.0. The van der Waals surface area contributed by atoms with Gasteiger partial charge in [-0.25, -0.2) is 8.78 Å². The van der Waals surface area contributed by atoms with Gasteiger partial charge in [0.2, 0.25) is 5.91 Å². The molecule has 1 heterocycles. The Bertz CT molecular complexity index is 558. The first-order valence-electron chi connectivity index (χ1n) is 5.29. The van der Waals surface area contributed by atoms with Crippen LogP contribution >= 0.6 is 0 Å². The lowest BCUT2D eigenvalue weighted by Crippen LogP contribution is -2.15. The second kappa shape index (κ2) is 5.35. The van der Waals surface area contributed by atoms with Crippen molar-refractivity contribution < 1.29 is 13.6 Å². The molecule has 92 valence electrons. The largest absolute Gasteiger partial charge is 0.324 e. The molecule has 0 atom stereocenters. The molecule has 3 nitrogen and oxygen atoms in total. The van der Waals surface area contributed by atoms with E-state index in [-0.39, 0.29) is 17.9 Å². The molecule has 0 aliphatic carbocycles. The maximum Gasteiger partial charge on any atom is 0.228 e. The van der Waals surface area contributed by atoms with Crippen molar-refractivity contribution in [2.24, 2.45) is 0 Å². The van der Waals surface area contributed by atoms with Crippen LogP contribution in [0.1, 0.15) is 5.56 Å². The van der Waals surface area contributed by atoms with Gasteiger partial charge >= 0.3 is 0 Å². The summed E-state index contributed by atoms with van der Waals surface area (Å²) in [7, 11) is 0. The number of pyridine rings is 1. The number of carbonyl (C=O) groups excluding carboxylic acids is 1. The minimum absolute atomic E-state index is 0.151. The van der Waals surface area contributed by atoms with Gasteiger partial charge in [-0.05, 0) is 23.8 Å². The van der Waals surface area contributed by atoms with Crippen molar-refractivity contribution in [3.63, 3.8) is 0 Å². The van der Waals surface area contributed by atoms with Crippen LogP contribution in [-0.4, -0.2) is 10.9 Å². The van der Waals surface area contributed by atoms with Gasteiger partial charge in [-0.3, -0.25) is 9.78 Å². The summed E-state index contributed by atoms with van der Waals surface area (Å²) in [5, 5.41) is 2.57. The lowest BCUT2D eigenvalue weighted by molar-refractivity contribution is -0.115. The Labute approximate surface area is 102 Å². The van der Waals surface area contributed by atoms with E-state index in [4.69, 9.17) is 0 Å². The molecule has 0 saturated carbocycles. The Hall–Kier alpha value is -2.30. The Morgan fingerprint density at radius 1 is 1.28 bits per heavy atom. The van der Waals surface area contributed by atoms with Crippen LogP contribution in [0.2, 0.25) is 0 Å². The second-order valence-corrected chi connectivity index (χ2v) is 3.70. The molecule has 1 N–H and O–H groups in total. The third kappa shape index (κ3) is 3.10. The van der Waals surface area contributed by atoms with Gasteiger partial charge < -0.3 is 5.32 Å². The maximum atomic E-state index is 13.3. The van der Waals surface area contributed by atoms with Gasteiger partial charge in [-0.1, -0.05) is 6.07 Å². The molecule has 0 radical (unpaired) electrons. The average Bonchev–Trinajstić information content (AvgIpc) is 2.34. The SMILES string of the molecule is O=C(Cc1ccc(F)cc1F)Nc1cccnc1. The van der Waals surface area contributed by atoms with Crippen molar-refractivity contribution in [2.75, 3.05) is 5.32 Å². The molecule has 0 aliphatic rings. The van der Waals surface area contributed by atoms with Crippen LogP contribution in [0.15, 0.2) is 42.7 Å². The molecule has 5 heteroatoms. The van der Waals surface area contributed by atoms with Crippen molar-refractivity contribution >= 4 is 11.6 Å². The molecule has 0 spiro atoms. The summed E-state index contributed by atoms with van der Waals surface area (Å²) >= 11 is 0. The van der Waals surface area contributed by atoms with E-state index in [0.717, 1.165) is 12.1 Å². The third-order valence-corrected chi connectivity index (χ3v) is 2.31. The first kappa shape index (κ1) is 12.2. The van der Waals surface area contributed by atoms with Crippen molar-refractivity contribution in [1.82, 2.24) is 4.98 Å². The van der Waals surface area contributed by atoms with Gasteiger partial charge in [0.15, 0.2) is 0 Å². The number of aromatic nitrogens is 1. The van der Waals surface area contributed by atoms with Crippen LogP contribution in [0.5, 0.6) is 0 Å². The van der Waals surface area contributed by atoms with Gasteiger partial charge in [-0.15, -0.1) is 0 Å². The van der Waals surface area contributed by atoms with E-state index < -0.39 is 11.6 Å². The second-order valence-electron chi connectivity index (χ2n) is 3.70. The highest BCUT2D eigenvalue weighted by Crippen LogP contribution is 2.11. The lowest BCUT2D eigenvalue weighted by Gasteiger charge is -2.05. The van der Waals surface area contributed by atoms with Gasteiger partial charge in [0.25, 0.3) is 0 Å². The van der Waals surface area contributed by atoms with E-state index in [2.05, 4.69) is 10.3 Å². The Balaban J connectivity index is 2.03. The smallest absolute Gasteiger partial charge is 0.228 e. The van der Waals surface area contributed by atoms with E-state index in [0.29, 0.717) is 5.69 Å². The Kier molecular flexibility index (Phi) is 3.62. The van der Waals surface area contributed by atoms with Crippen LogP contribution in [-0.2, 0) is 11.2 Å². The summed E-state index contributed by atoms with van der Waals surface area (Å²) in [5.41, 5.74) is 0.683. The highest BCUT2D eigenvalue weighted by molar-refractivity contribution is 5.92. The van der Waals surface area contributed by atoms with Gasteiger partial charge in [0, 0.05) is 12.3 Å². The van der Waals surface area contributed by atoms with Crippen molar-refractivity contribution in [3.05, 3.63) is 59.9 Å². The van der Waals surface area contributed by atoms with Crippen LogP contribution < -0.4 is 5.32 Å². The lowest BCUT2D eigenvalue weighted by atomic mass is 10.1. The topological polar surface area (TPSA) is 42.0 Å². The normalized spacial score (nSPS) is 10.1. The molecule has 0 unspecified atom stereocenters. The Morgan fingerprint density at radius 2 is 2.11 bits per heavy atom. The predicted octanol–water partition coefficient (Wildman–Crippen LogP) is 2.54. The Morgan fingerprint density at radius 3 is 2.78 bits per heavy atom. The van der Waals surface area contributed by atoms with Crippen molar-refractivity contribution in [2.45, 2.75) is 6.42 Å². The number of carbonyl (C=O) groups is 1. The van der Waals surface area contributed by atoms with Crippen LogP contribution in [0.25, 0.3) is 0 Å². The summed E-state index contributed by atoms with van der Waals surface area (Å²) in [6.07, 6.45) is 2.91. The predicted molar refractivity (Wildman–Crippen MR) is 62.9 cm³/mol. The van der Waals surface area contributed by atoms with Crippen molar-refractivity contribution in [1.29, 1.82) is 0 Å². The van der Waals surface area contributed by atoms with E-state index in [9.17, 15) is 13.6 Å². The quantitative estimate of drug-likeness (QED) is 0.906. The molecule has 2 aromatic rings. The fourth-order valence-corrected chi connectivity index (χ4v) is 1.48. The highest BCUT2D eigenvalue weighted by Gasteiger charge is 2.09. The zero-order valence-corrected chi connectivity index (χ0v) is 9.36. The van der Waals surface area contributed by atoms with Crippen LogP contribution in [0, 0.1) is 11.6 Å². The first-order chi connectivity index (χ1) is 8.65. The molecule has 1 amide bonds. The summed E-state index contributed by atoms with van der Waals surface area (Å²) in [5.74, 6) is -1.77. The number of amides is 1. The summed E-state index contributed by atoms with van der Waals surface area (Å²) in [4.78, 5) is 15.5. The molecule has 0 saturated heterocycles. The van der Waals surface area contributed by atoms with Crippen LogP contribution in [0.3, 0.4) is 0 Å².